The molecule has 1 saturated heterocycles. The fraction of sp³-hybridized carbons (Fsp3) is 0.391. The van der Waals surface area contributed by atoms with Gasteiger partial charge in [0, 0.05) is 11.4 Å². The molecule has 1 fully saturated rings. The highest BCUT2D eigenvalue weighted by atomic mass is 19.4. The summed E-state index contributed by atoms with van der Waals surface area (Å²) in [5.41, 5.74) is 1.91. The number of hydrogen-bond acceptors (Lipinski definition) is 6. The van der Waals surface area contributed by atoms with Crippen molar-refractivity contribution in [3.8, 4) is 5.69 Å². The van der Waals surface area contributed by atoms with E-state index in [0.717, 1.165) is 28.9 Å². The first kappa shape index (κ1) is 23.9. The molecule has 5 rings (SSSR count). The molecule has 4 heterocycles. The van der Waals surface area contributed by atoms with E-state index in [0.29, 0.717) is 29.8 Å². The SMILES string of the molecule is C[C@H](Nc1ncc(F)c(N2C(=O)OCC2[C@H](C)F)n1)c1ncn2c1CCc1cc(C(F)(F)F)ccc1-2. The molecule has 1 unspecified atom stereocenters. The summed E-state index contributed by atoms with van der Waals surface area (Å²) in [7, 11) is 0. The molecule has 8 nitrogen and oxygen atoms in total. The van der Waals surface area contributed by atoms with Crippen molar-refractivity contribution < 1.29 is 31.5 Å². The zero-order valence-electron chi connectivity index (χ0n) is 19.2. The number of imidazole rings is 1. The molecule has 1 amide bonds. The lowest BCUT2D eigenvalue weighted by Gasteiger charge is -2.23. The van der Waals surface area contributed by atoms with Crippen LogP contribution in [0.3, 0.4) is 0 Å². The Labute approximate surface area is 202 Å². The molecule has 3 atom stereocenters. The van der Waals surface area contributed by atoms with Crippen LogP contribution < -0.4 is 10.2 Å². The molecule has 2 aliphatic rings. The molecule has 13 heteroatoms. The molecule has 0 bridgehead atoms. The van der Waals surface area contributed by atoms with E-state index in [1.165, 1.54) is 13.0 Å². The minimum Gasteiger partial charge on any atom is -0.447 e. The standard InChI is InChI=1S/C23H21F5N6O2/c1-11(24)18-9-36-22(35)34(18)20-15(25)8-29-21(32-20)31-12(2)19-17-5-3-13-7-14(23(26,27)28)4-6-16(13)33(17)10-30-19/h4,6-8,10-12,18H,3,5,9H2,1-2H3,(H,29,31,32)/t11-,12-,18?/m0/s1. The third-order valence-electron chi connectivity index (χ3n) is 6.34. The number of anilines is 2. The van der Waals surface area contributed by atoms with Gasteiger partial charge in [-0.15, -0.1) is 0 Å². The Morgan fingerprint density at radius 2 is 1.97 bits per heavy atom. The van der Waals surface area contributed by atoms with Gasteiger partial charge in [0.05, 0.1) is 29.8 Å². The second kappa shape index (κ2) is 8.71. The van der Waals surface area contributed by atoms with Crippen molar-refractivity contribution >= 4 is 17.9 Å². The summed E-state index contributed by atoms with van der Waals surface area (Å²) >= 11 is 0. The second-order valence-corrected chi connectivity index (χ2v) is 8.71. The van der Waals surface area contributed by atoms with Gasteiger partial charge < -0.3 is 14.6 Å². The minimum absolute atomic E-state index is 0.0170. The number of halogens is 5. The van der Waals surface area contributed by atoms with Crippen LogP contribution in [0.1, 0.15) is 42.4 Å². The van der Waals surface area contributed by atoms with E-state index in [2.05, 4.69) is 20.3 Å². The monoisotopic (exact) mass is 508 g/mol. The zero-order chi connectivity index (χ0) is 25.8. The van der Waals surface area contributed by atoms with Crippen molar-refractivity contribution in [2.45, 2.75) is 51.1 Å². The van der Waals surface area contributed by atoms with Crippen molar-refractivity contribution in [3.63, 3.8) is 0 Å². The Hall–Kier alpha value is -3.77. The average Bonchev–Trinajstić information content (AvgIpc) is 3.43. The highest BCUT2D eigenvalue weighted by Gasteiger charge is 2.40. The largest absolute Gasteiger partial charge is 0.447 e. The Bertz CT molecular complexity index is 1320. The molecule has 1 aromatic carbocycles. The zero-order valence-corrected chi connectivity index (χ0v) is 19.2. The third kappa shape index (κ3) is 4.11. The number of rotatable bonds is 5. The van der Waals surface area contributed by atoms with Crippen LogP contribution in [0.25, 0.3) is 5.69 Å². The number of nitrogens with zero attached hydrogens (tertiary/aromatic N) is 5. The van der Waals surface area contributed by atoms with Crippen LogP contribution >= 0.6 is 0 Å². The summed E-state index contributed by atoms with van der Waals surface area (Å²) in [6.07, 6.45) is -3.53. The fourth-order valence-electron chi connectivity index (χ4n) is 4.53. The van der Waals surface area contributed by atoms with Crippen LogP contribution in [0.2, 0.25) is 0 Å². The normalized spacial score (nSPS) is 18.9. The van der Waals surface area contributed by atoms with Crippen LogP contribution in [0.15, 0.2) is 30.7 Å². The summed E-state index contributed by atoms with van der Waals surface area (Å²) in [6.45, 7) is 2.78. The van der Waals surface area contributed by atoms with Gasteiger partial charge >= 0.3 is 12.3 Å². The van der Waals surface area contributed by atoms with E-state index in [4.69, 9.17) is 4.74 Å². The summed E-state index contributed by atoms with van der Waals surface area (Å²) in [5, 5.41) is 3.01. The lowest BCUT2D eigenvalue weighted by molar-refractivity contribution is -0.137. The molecule has 1 N–H and O–H groups in total. The Morgan fingerprint density at radius 3 is 2.69 bits per heavy atom. The molecule has 0 radical (unpaired) electrons. The van der Waals surface area contributed by atoms with Gasteiger partial charge in [-0.2, -0.15) is 18.2 Å². The van der Waals surface area contributed by atoms with Crippen molar-refractivity contribution in [2.75, 3.05) is 16.8 Å². The van der Waals surface area contributed by atoms with Crippen molar-refractivity contribution in [3.05, 3.63) is 59.1 Å². The molecule has 2 aromatic heterocycles. The predicted octanol–water partition coefficient (Wildman–Crippen LogP) is 4.78. The van der Waals surface area contributed by atoms with Gasteiger partial charge in [0.25, 0.3) is 0 Å². The lowest BCUT2D eigenvalue weighted by atomic mass is 9.97. The minimum atomic E-state index is -4.42. The van der Waals surface area contributed by atoms with Crippen LogP contribution in [0.4, 0.5) is 38.5 Å². The summed E-state index contributed by atoms with van der Waals surface area (Å²) in [6, 6.07) is 2.12. The molecule has 0 saturated carbocycles. The number of ether oxygens (including phenoxy) is 1. The highest BCUT2D eigenvalue weighted by Crippen LogP contribution is 2.35. The van der Waals surface area contributed by atoms with Crippen molar-refractivity contribution in [1.82, 2.24) is 19.5 Å². The first-order valence-electron chi connectivity index (χ1n) is 11.2. The van der Waals surface area contributed by atoms with E-state index in [1.807, 2.05) is 0 Å². The van der Waals surface area contributed by atoms with Crippen LogP contribution in [-0.4, -0.2) is 44.4 Å². The van der Waals surface area contributed by atoms with Crippen LogP contribution in [0, 0.1) is 5.82 Å². The maximum atomic E-state index is 14.5. The summed E-state index contributed by atoms with van der Waals surface area (Å²) in [5.74, 6) is -1.33. The number of nitrogens with one attached hydrogen (secondary N) is 1. The number of carbonyl (C=O) groups excluding carboxylic acids is 1. The number of aryl methyl sites for hydroxylation is 1. The number of hydrogen-bond donors (Lipinski definition) is 1. The Balaban J connectivity index is 1.41. The summed E-state index contributed by atoms with van der Waals surface area (Å²) in [4.78, 5) is 25.4. The first-order valence-corrected chi connectivity index (χ1v) is 11.2. The second-order valence-electron chi connectivity index (χ2n) is 8.71. The van der Waals surface area contributed by atoms with Gasteiger partial charge in [-0.25, -0.2) is 28.4 Å². The van der Waals surface area contributed by atoms with Gasteiger partial charge in [0.2, 0.25) is 5.95 Å². The molecule has 36 heavy (non-hydrogen) atoms. The summed E-state index contributed by atoms with van der Waals surface area (Å²) < 4.78 is 74.4. The molecule has 0 spiro atoms. The smallest absolute Gasteiger partial charge is 0.416 e. The number of carbonyl (C=O) groups is 1. The van der Waals surface area contributed by atoms with Gasteiger partial charge in [-0.05, 0) is 50.5 Å². The number of amides is 1. The number of fused-ring (bicyclic) bond motifs is 3. The van der Waals surface area contributed by atoms with Crippen molar-refractivity contribution in [2.24, 2.45) is 0 Å². The van der Waals surface area contributed by atoms with Gasteiger partial charge in [0.15, 0.2) is 11.6 Å². The van der Waals surface area contributed by atoms with Crippen LogP contribution in [-0.2, 0) is 23.8 Å². The quantitative estimate of drug-likeness (QED) is 0.500. The number of benzene rings is 1. The fourth-order valence-corrected chi connectivity index (χ4v) is 4.53. The number of cyclic esters (lactones) is 1. The Kier molecular flexibility index (Phi) is 5.80. The maximum Gasteiger partial charge on any atom is 0.416 e. The average molecular weight is 508 g/mol. The molecule has 0 aliphatic carbocycles. The first-order chi connectivity index (χ1) is 17.0. The van der Waals surface area contributed by atoms with E-state index in [9.17, 15) is 26.7 Å². The van der Waals surface area contributed by atoms with Gasteiger partial charge in [-0.3, -0.25) is 0 Å². The molecule has 190 valence electrons. The molecular weight excluding hydrogens is 487 g/mol. The van der Waals surface area contributed by atoms with E-state index < -0.39 is 47.7 Å². The third-order valence-corrected chi connectivity index (χ3v) is 6.34. The highest BCUT2D eigenvalue weighted by molar-refractivity contribution is 5.89. The lowest BCUT2D eigenvalue weighted by Crippen LogP contribution is -2.40. The van der Waals surface area contributed by atoms with Crippen LogP contribution in [0.5, 0.6) is 0 Å². The predicted molar refractivity (Wildman–Crippen MR) is 118 cm³/mol. The maximum absolute atomic E-state index is 14.5. The molecule has 2 aliphatic heterocycles. The number of alkyl halides is 4. The Morgan fingerprint density at radius 1 is 1.19 bits per heavy atom. The van der Waals surface area contributed by atoms with Crippen molar-refractivity contribution in [1.29, 1.82) is 0 Å². The van der Waals surface area contributed by atoms with E-state index in [-0.39, 0.29) is 12.6 Å². The number of aromatic nitrogens is 4. The van der Waals surface area contributed by atoms with Gasteiger partial charge in [-0.1, -0.05) is 0 Å². The molecule has 3 aromatic rings. The molecular formula is C23H21F5N6O2. The topological polar surface area (TPSA) is 85.2 Å². The van der Waals surface area contributed by atoms with Gasteiger partial charge in [0.1, 0.15) is 18.8 Å². The van der Waals surface area contributed by atoms with E-state index >= 15 is 0 Å². The van der Waals surface area contributed by atoms with E-state index in [1.54, 1.807) is 17.8 Å².